The molecule has 0 atom stereocenters. The van der Waals surface area contributed by atoms with Gasteiger partial charge in [0.25, 0.3) is 0 Å². The van der Waals surface area contributed by atoms with Crippen molar-refractivity contribution >= 4 is 31.3 Å². The topological polar surface area (TPSA) is 43.4 Å². The lowest BCUT2D eigenvalue weighted by atomic mass is 10.1. The van der Waals surface area contributed by atoms with E-state index in [1.165, 1.54) is 0 Å². The van der Waals surface area contributed by atoms with E-state index in [2.05, 4.69) is 0 Å². The third-order valence-electron chi connectivity index (χ3n) is 2.18. The summed E-state index contributed by atoms with van der Waals surface area (Å²) in [4.78, 5) is 0. The number of aryl methyl sites for hydroxylation is 2. The summed E-state index contributed by atoms with van der Waals surface area (Å²) in [6.07, 6.45) is 0.279. The van der Waals surface area contributed by atoms with Crippen LogP contribution in [0.1, 0.15) is 11.1 Å². The van der Waals surface area contributed by atoms with Crippen molar-refractivity contribution in [2.45, 2.75) is 13.3 Å². The van der Waals surface area contributed by atoms with Gasteiger partial charge in [-0.15, -0.1) is 0 Å². The molecule has 0 aromatic heterocycles. The van der Waals surface area contributed by atoms with Crippen LogP contribution in [0.5, 0.6) is 5.75 Å². The highest BCUT2D eigenvalue weighted by Gasteiger charge is 2.10. The second kappa shape index (κ2) is 5.25. The Kier molecular flexibility index (Phi) is 4.47. The zero-order valence-electron chi connectivity index (χ0n) is 8.96. The molecule has 3 nitrogen and oxygen atoms in total. The molecule has 0 aliphatic carbocycles. The predicted octanol–water partition coefficient (Wildman–Crippen LogP) is 2.77. The number of methoxy groups -OCH3 is 1. The van der Waals surface area contributed by atoms with Crippen LogP contribution in [-0.4, -0.2) is 21.3 Å². The van der Waals surface area contributed by atoms with Crippen molar-refractivity contribution in [2.75, 3.05) is 12.9 Å². The van der Waals surface area contributed by atoms with Gasteiger partial charge in [0, 0.05) is 15.7 Å². The summed E-state index contributed by atoms with van der Waals surface area (Å²) in [6.45, 7) is 1.87. The molecule has 0 amide bonds. The van der Waals surface area contributed by atoms with Crippen molar-refractivity contribution in [3.05, 3.63) is 28.3 Å². The molecule has 1 rings (SSSR count). The van der Waals surface area contributed by atoms with Gasteiger partial charge < -0.3 is 4.74 Å². The molecule has 0 saturated carbocycles. The van der Waals surface area contributed by atoms with Gasteiger partial charge in [-0.05, 0) is 36.6 Å². The van der Waals surface area contributed by atoms with Crippen molar-refractivity contribution in [1.82, 2.24) is 0 Å². The van der Waals surface area contributed by atoms with Crippen LogP contribution in [-0.2, 0) is 15.5 Å². The van der Waals surface area contributed by atoms with Crippen LogP contribution in [0.15, 0.2) is 12.1 Å². The van der Waals surface area contributed by atoms with E-state index in [9.17, 15) is 8.42 Å². The molecule has 0 aliphatic heterocycles. The monoisotopic (exact) mass is 282 g/mol. The van der Waals surface area contributed by atoms with Crippen molar-refractivity contribution in [3.8, 4) is 5.75 Å². The van der Waals surface area contributed by atoms with Crippen LogP contribution >= 0.6 is 22.3 Å². The van der Waals surface area contributed by atoms with Gasteiger partial charge >= 0.3 is 0 Å². The molecule has 0 heterocycles. The molecule has 6 heteroatoms. The Morgan fingerprint density at radius 2 is 2.00 bits per heavy atom. The first-order chi connectivity index (χ1) is 7.33. The maximum atomic E-state index is 10.8. The van der Waals surface area contributed by atoms with Crippen LogP contribution in [0.2, 0.25) is 5.02 Å². The first kappa shape index (κ1) is 13.6. The molecule has 90 valence electrons. The van der Waals surface area contributed by atoms with Crippen LogP contribution in [0.3, 0.4) is 0 Å². The summed E-state index contributed by atoms with van der Waals surface area (Å²) in [7, 11) is 3.20. The van der Waals surface area contributed by atoms with E-state index < -0.39 is 9.05 Å². The number of benzene rings is 1. The lowest BCUT2D eigenvalue weighted by Crippen LogP contribution is -2.02. The maximum absolute atomic E-state index is 10.8. The normalized spacial score (nSPS) is 11.5. The minimum absolute atomic E-state index is 0.138. The molecular formula is C10H12Cl2O3S. The number of halogens is 2. The molecule has 0 unspecified atom stereocenters. The van der Waals surface area contributed by atoms with Crippen LogP contribution in [0, 0.1) is 6.92 Å². The molecule has 0 saturated heterocycles. The van der Waals surface area contributed by atoms with Crippen LogP contribution in [0.4, 0.5) is 0 Å². The lowest BCUT2D eigenvalue weighted by Gasteiger charge is -2.09. The molecule has 0 radical (unpaired) electrons. The SMILES string of the molecule is COc1cc(CCS(=O)(=O)Cl)c(Cl)cc1C. The number of hydrogen-bond acceptors (Lipinski definition) is 3. The number of ether oxygens (including phenoxy) is 1. The fourth-order valence-corrected chi connectivity index (χ4v) is 2.35. The van der Waals surface area contributed by atoms with Crippen molar-refractivity contribution in [2.24, 2.45) is 0 Å². The quantitative estimate of drug-likeness (QED) is 0.798. The molecule has 0 N–H and O–H groups in total. The summed E-state index contributed by atoms with van der Waals surface area (Å²) in [5, 5.41) is 0.526. The van der Waals surface area contributed by atoms with E-state index in [1.807, 2.05) is 6.92 Å². The molecule has 0 fully saturated rings. The Morgan fingerprint density at radius 3 is 2.50 bits per heavy atom. The molecular weight excluding hydrogens is 271 g/mol. The Hall–Kier alpha value is -0.450. The zero-order chi connectivity index (χ0) is 12.3. The van der Waals surface area contributed by atoms with Gasteiger partial charge in [-0.2, -0.15) is 0 Å². The van der Waals surface area contributed by atoms with Gasteiger partial charge in [0.15, 0.2) is 0 Å². The highest BCUT2D eigenvalue weighted by Crippen LogP contribution is 2.27. The fourth-order valence-electron chi connectivity index (χ4n) is 1.34. The Bertz CT molecular complexity index is 483. The number of rotatable bonds is 4. The van der Waals surface area contributed by atoms with E-state index in [0.717, 1.165) is 5.56 Å². The summed E-state index contributed by atoms with van der Waals surface area (Å²) in [5.41, 5.74) is 1.62. The van der Waals surface area contributed by atoms with Gasteiger partial charge in [0.05, 0.1) is 12.9 Å². The van der Waals surface area contributed by atoms with Crippen molar-refractivity contribution in [3.63, 3.8) is 0 Å². The summed E-state index contributed by atoms with van der Waals surface area (Å²) in [5.74, 6) is 0.548. The van der Waals surface area contributed by atoms with Crippen LogP contribution < -0.4 is 4.74 Å². The third kappa shape index (κ3) is 3.85. The smallest absolute Gasteiger partial charge is 0.232 e. The average molecular weight is 283 g/mol. The largest absolute Gasteiger partial charge is 0.496 e. The van der Waals surface area contributed by atoms with Gasteiger partial charge in [-0.25, -0.2) is 8.42 Å². The zero-order valence-corrected chi connectivity index (χ0v) is 11.3. The first-order valence-corrected chi connectivity index (χ1v) is 7.44. The summed E-state index contributed by atoms with van der Waals surface area (Å²) < 4.78 is 26.8. The Balaban J connectivity index is 2.96. The maximum Gasteiger partial charge on any atom is 0.232 e. The molecule has 0 aliphatic rings. The third-order valence-corrected chi connectivity index (χ3v) is 3.69. The van der Waals surface area contributed by atoms with E-state index in [-0.39, 0.29) is 12.2 Å². The van der Waals surface area contributed by atoms with E-state index in [0.29, 0.717) is 16.3 Å². The highest BCUT2D eigenvalue weighted by atomic mass is 35.7. The fraction of sp³-hybridized carbons (Fsp3) is 0.400. The Morgan fingerprint density at radius 1 is 1.38 bits per heavy atom. The van der Waals surface area contributed by atoms with Gasteiger partial charge in [0.1, 0.15) is 5.75 Å². The highest BCUT2D eigenvalue weighted by molar-refractivity contribution is 8.13. The van der Waals surface area contributed by atoms with Crippen molar-refractivity contribution < 1.29 is 13.2 Å². The average Bonchev–Trinajstić information content (AvgIpc) is 2.15. The molecule has 0 spiro atoms. The minimum Gasteiger partial charge on any atom is -0.496 e. The summed E-state index contributed by atoms with van der Waals surface area (Å²) in [6, 6.07) is 3.48. The number of hydrogen-bond donors (Lipinski definition) is 0. The Labute approximate surface area is 105 Å². The second-order valence-corrected chi connectivity index (χ2v) is 6.71. The van der Waals surface area contributed by atoms with Crippen molar-refractivity contribution in [1.29, 1.82) is 0 Å². The van der Waals surface area contributed by atoms with Crippen LogP contribution in [0.25, 0.3) is 0 Å². The van der Waals surface area contributed by atoms with E-state index in [1.54, 1.807) is 19.2 Å². The molecule has 1 aromatic rings. The minimum atomic E-state index is -3.50. The molecule has 1 aromatic carbocycles. The standard InChI is InChI=1S/C10H12Cl2O3S/c1-7-5-9(11)8(6-10(7)15-2)3-4-16(12,13)14/h5-6H,3-4H2,1-2H3. The molecule has 16 heavy (non-hydrogen) atoms. The predicted molar refractivity (Wildman–Crippen MR) is 66.1 cm³/mol. The second-order valence-electron chi connectivity index (χ2n) is 3.41. The molecule has 0 bridgehead atoms. The van der Waals surface area contributed by atoms with E-state index in [4.69, 9.17) is 27.0 Å². The van der Waals surface area contributed by atoms with Gasteiger partial charge in [-0.1, -0.05) is 11.6 Å². The van der Waals surface area contributed by atoms with Gasteiger partial charge in [-0.3, -0.25) is 0 Å². The van der Waals surface area contributed by atoms with E-state index >= 15 is 0 Å². The lowest BCUT2D eigenvalue weighted by molar-refractivity contribution is 0.411. The van der Waals surface area contributed by atoms with Gasteiger partial charge in [0.2, 0.25) is 9.05 Å². The first-order valence-electron chi connectivity index (χ1n) is 4.59. The summed E-state index contributed by atoms with van der Waals surface area (Å²) >= 11 is 5.99.